The largest absolute Gasteiger partial charge is 0.455 e. The molecule has 1 aromatic rings. The lowest BCUT2D eigenvalue weighted by Gasteiger charge is -2.04. The SMILES string of the molecule is O=c1cccc2oc3ccccc3pc1-2. The molecule has 1 aromatic carbocycles. The van der Waals surface area contributed by atoms with E-state index in [0.29, 0.717) is 5.76 Å². The molecule has 3 heteroatoms. The summed E-state index contributed by atoms with van der Waals surface area (Å²) < 4.78 is 5.65. The van der Waals surface area contributed by atoms with Crippen LogP contribution in [-0.2, 0) is 0 Å². The molecule has 0 radical (unpaired) electrons. The maximum atomic E-state index is 11.6. The minimum Gasteiger partial charge on any atom is -0.455 e. The molecule has 0 N–H and O–H groups in total. The number of hydrogen-bond donors (Lipinski definition) is 0. The third-order valence-electron chi connectivity index (χ3n) is 2.28. The molecule has 0 unspecified atom stereocenters. The van der Waals surface area contributed by atoms with E-state index in [1.54, 1.807) is 12.1 Å². The van der Waals surface area contributed by atoms with Gasteiger partial charge in [0.05, 0.1) is 5.30 Å². The van der Waals surface area contributed by atoms with Crippen molar-refractivity contribution in [3.63, 3.8) is 0 Å². The molecule has 0 saturated heterocycles. The zero-order chi connectivity index (χ0) is 10.3. The summed E-state index contributed by atoms with van der Waals surface area (Å²) >= 11 is 0. The molecule has 15 heavy (non-hydrogen) atoms. The van der Waals surface area contributed by atoms with Crippen molar-refractivity contribution >= 4 is 18.9 Å². The molecule has 2 aliphatic rings. The first kappa shape index (κ1) is 8.63. The second kappa shape index (κ2) is 3.18. The van der Waals surface area contributed by atoms with Gasteiger partial charge >= 0.3 is 0 Å². The number of rotatable bonds is 0. The minimum atomic E-state index is 0.0451. The zero-order valence-electron chi connectivity index (χ0n) is 7.81. The fourth-order valence-corrected chi connectivity index (χ4v) is 2.62. The Bertz CT molecular complexity index is 657. The predicted molar refractivity (Wildman–Crippen MR) is 61.6 cm³/mol. The van der Waals surface area contributed by atoms with E-state index >= 15 is 0 Å². The topological polar surface area (TPSA) is 30.2 Å². The molecule has 0 atom stereocenters. The lowest BCUT2D eigenvalue weighted by Crippen LogP contribution is -2.00. The molecule has 0 aromatic heterocycles. The fourth-order valence-electron chi connectivity index (χ4n) is 1.57. The standard InChI is InChI=1S/C12H7O2P/c13-8-4-3-6-10-12(8)15-11-7-2-1-5-9(11)14-10/h1-7H. The summed E-state index contributed by atoms with van der Waals surface area (Å²) in [5.41, 5.74) is 0.890. The Morgan fingerprint density at radius 1 is 1.00 bits per heavy atom. The van der Waals surface area contributed by atoms with Crippen molar-refractivity contribution < 1.29 is 4.42 Å². The Morgan fingerprint density at radius 2 is 1.87 bits per heavy atom. The summed E-state index contributed by atoms with van der Waals surface area (Å²) in [7, 11) is 0.938. The second-order valence-electron chi connectivity index (χ2n) is 3.28. The Labute approximate surface area is 87.6 Å². The molecule has 0 amide bonds. The Kier molecular flexibility index (Phi) is 1.83. The molecule has 0 saturated carbocycles. The van der Waals surface area contributed by atoms with Crippen LogP contribution in [0.2, 0.25) is 0 Å². The van der Waals surface area contributed by atoms with Gasteiger partial charge in [-0.25, -0.2) is 0 Å². The quantitative estimate of drug-likeness (QED) is 0.536. The maximum absolute atomic E-state index is 11.6. The first-order valence-electron chi connectivity index (χ1n) is 4.63. The highest BCUT2D eigenvalue weighted by Gasteiger charge is 2.09. The zero-order valence-corrected chi connectivity index (χ0v) is 8.70. The molecule has 2 nitrogen and oxygen atoms in total. The van der Waals surface area contributed by atoms with Gasteiger partial charge in [-0.05, 0) is 32.5 Å². The highest BCUT2D eigenvalue weighted by Crippen LogP contribution is 2.34. The second-order valence-corrected chi connectivity index (χ2v) is 4.44. The molecular formula is C12H7O2P. The van der Waals surface area contributed by atoms with Gasteiger partial charge in [0.1, 0.15) is 11.3 Å². The van der Waals surface area contributed by atoms with Gasteiger partial charge in [0.25, 0.3) is 0 Å². The highest BCUT2D eigenvalue weighted by molar-refractivity contribution is 7.40. The highest BCUT2D eigenvalue weighted by atomic mass is 31.0. The Morgan fingerprint density at radius 3 is 2.80 bits per heavy atom. The number of hydrogen-bond acceptors (Lipinski definition) is 2. The van der Waals surface area contributed by atoms with Gasteiger partial charge in [-0.2, -0.15) is 0 Å². The van der Waals surface area contributed by atoms with Crippen LogP contribution in [0.25, 0.3) is 21.8 Å². The summed E-state index contributed by atoms with van der Waals surface area (Å²) in [5, 5.41) is 1.78. The van der Waals surface area contributed by atoms with Gasteiger partial charge in [-0.1, -0.05) is 18.2 Å². The predicted octanol–water partition coefficient (Wildman–Crippen LogP) is 3.48. The van der Waals surface area contributed by atoms with Gasteiger partial charge in [0.15, 0.2) is 5.43 Å². The lowest BCUT2D eigenvalue weighted by molar-refractivity contribution is 0.623. The van der Waals surface area contributed by atoms with E-state index < -0.39 is 0 Å². The van der Waals surface area contributed by atoms with Crippen molar-refractivity contribution in [3.8, 4) is 11.1 Å². The Balaban J connectivity index is 2.54. The van der Waals surface area contributed by atoms with Crippen molar-refractivity contribution in [3.05, 3.63) is 52.7 Å². The first-order valence-corrected chi connectivity index (χ1v) is 5.53. The number of benzene rings is 2. The molecule has 0 spiro atoms. The van der Waals surface area contributed by atoms with Crippen LogP contribution in [0.3, 0.4) is 0 Å². The van der Waals surface area contributed by atoms with Gasteiger partial charge < -0.3 is 4.42 Å². The fraction of sp³-hybridized carbons (Fsp3) is 0. The average Bonchev–Trinajstić information content (AvgIpc) is 2.27. The number of fused-ring (bicyclic) bond motifs is 2. The third kappa shape index (κ3) is 1.34. The minimum absolute atomic E-state index is 0.0451. The van der Waals surface area contributed by atoms with Crippen molar-refractivity contribution in [1.82, 2.24) is 0 Å². The summed E-state index contributed by atoms with van der Waals surface area (Å²) in [5.74, 6) is 0.683. The van der Waals surface area contributed by atoms with E-state index in [2.05, 4.69) is 0 Å². The van der Waals surface area contributed by atoms with E-state index in [4.69, 9.17) is 4.42 Å². The monoisotopic (exact) mass is 214 g/mol. The van der Waals surface area contributed by atoms with Crippen LogP contribution in [0, 0.1) is 0 Å². The van der Waals surface area contributed by atoms with Crippen LogP contribution in [0.5, 0.6) is 0 Å². The van der Waals surface area contributed by atoms with Crippen molar-refractivity contribution in [2.24, 2.45) is 0 Å². The summed E-state index contributed by atoms with van der Waals surface area (Å²) in [6.07, 6.45) is 0. The normalized spacial score (nSPS) is 11.5. The van der Waals surface area contributed by atoms with Crippen molar-refractivity contribution in [1.29, 1.82) is 0 Å². The van der Waals surface area contributed by atoms with Crippen molar-refractivity contribution in [2.75, 3.05) is 0 Å². The molecule has 0 bridgehead atoms. The van der Waals surface area contributed by atoms with Gasteiger partial charge in [0, 0.05) is 5.12 Å². The molecule has 1 aliphatic carbocycles. The maximum Gasteiger partial charge on any atom is 0.194 e. The third-order valence-corrected chi connectivity index (χ3v) is 3.55. The van der Waals surface area contributed by atoms with E-state index in [0.717, 1.165) is 24.2 Å². The van der Waals surface area contributed by atoms with E-state index in [-0.39, 0.29) is 5.43 Å². The van der Waals surface area contributed by atoms with Crippen LogP contribution < -0.4 is 5.43 Å². The average molecular weight is 214 g/mol. The van der Waals surface area contributed by atoms with Crippen LogP contribution in [0.1, 0.15) is 0 Å². The van der Waals surface area contributed by atoms with Gasteiger partial charge in [-0.3, -0.25) is 4.79 Å². The Hall–Kier alpha value is -1.66. The van der Waals surface area contributed by atoms with Crippen molar-refractivity contribution in [2.45, 2.75) is 0 Å². The first-order chi connectivity index (χ1) is 7.34. The van der Waals surface area contributed by atoms with E-state index in [1.807, 2.05) is 30.3 Å². The van der Waals surface area contributed by atoms with E-state index in [9.17, 15) is 4.79 Å². The molecule has 3 rings (SSSR count). The molecule has 1 aliphatic heterocycles. The van der Waals surface area contributed by atoms with Crippen LogP contribution in [-0.4, -0.2) is 0 Å². The molecule has 72 valence electrons. The molecular weight excluding hydrogens is 207 g/mol. The smallest absolute Gasteiger partial charge is 0.194 e. The summed E-state index contributed by atoms with van der Waals surface area (Å²) in [6.45, 7) is 0. The van der Waals surface area contributed by atoms with Gasteiger partial charge in [0.2, 0.25) is 0 Å². The summed E-state index contributed by atoms with van der Waals surface area (Å²) in [4.78, 5) is 11.6. The molecule has 0 fully saturated rings. The molecule has 1 heterocycles. The van der Waals surface area contributed by atoms with Crippen LogP contribution >= 0.6 is 8.19 Å². The number of para-hydroxylation sites is 1. The summed E-state index contributed by atoms with van der Waals surface area (Å²) in [6, 6.07) is 12.9. The van der Waals surface area contributed by atoms with E-state index in [1.165, 1.54) is 0 Å². The van der Waals surface area contributed by atoms with Crippen LogP contribution in [0.15, 0.2) is 51.7 Å². The van der Waals surface area contributed by atoms with Crippen LogP contribution in [0.4, 0.5) is 0 Å². The van der Waals surface area contributed by atoms with Gasteiger partial charge in [-0.15, -0.1) is 0 Å². The lowest BCUT2D eigenvalue weighted by atomic mass is 10.3.